The number of hydrogen-bond donors (Lipinski definition) is 3. The predicted octanol–water partition coefficient (Wildman–Crippen LogP) is 4.07. The van der Waals surface area contributed by atoms with Crippen LogP contribution in [0.5, 0.6) is 0 Å². The first-order valence-corrected chi connectivity index (χ1v) is 13.0. The molecule has 4 aromatic rings. The Morgan fingerprint density at radius 3 is 2.41 bits per heavy atom. The van der Waals surface area contributed by atoms with Crippen LogP contribution in [0.4, 0.5) is 4.39 Å². The Morgan fingerprint density at radius 2 is 1.78 bits per heavy atom. The maximum absolute atomic E-state index is 13.1. The van der Waals surface area contributed by atoms with Crippen LogP contribution in [0.2, 0.25) is 0 Å². The van der Waals surface area contributed by atoms with Gasteiger partial charge in [-0.1, -0.05) is 18.2 Å². The third-order valence-electron chi connectivity index (χ3n) is 6.10. The van der Waals surface area contributed by atoms with E-state index in [9.17, 15) is 22.4 Å². The van der Waals surface area contributed by atoms with Crippen LogP contribution in [0, 0.1) is 5.82 Å². The van der Waals surface area contributed by atoms with E-state index >= 15 is 0 Å². The summed E-state index contributed by atoms with van der Waals surface area (Å²) in [7, 11) is -3.75. The minimum atomic E-state index is -3.75. The molecule has 2 aromatic heterocycles. The van der Waals surface area contributed by atoms with Crippen LogP contribution >= 0.6 is 0 Å². The number of aryl methyl sites for hydroxylation is 1. The molecule has 0 unspecified atom stereocenters. The highest BCUT2D eigenvalue weighted by molar-refractivity contribution is 7.89. The third-order valence-corrected chi connectivity index (χ3v) is 7.64. The molecule has 3 N–H and O–H groups in total. The number of nitrogens with zero attached hydrogens (tertiary/aromatic N) is 1. The average molecular weight is 529 g/mol. The van der Waals surface area contributed by atoms with Crippen molar-refractivity contribution in [3.63, 3.8) is 0 Å². The maximum atomic E-state index is 13.1. The Hall–Kier alpha value is -3.96. The molecule has 0 bridgehead atoms. The van der Waals surface area contributed by atoms with Crippen molar-refractivity contribution in [2.75, 3.05) is 0 Å². The molecule has 2 aromatic carbocycles. The number of carboxylic acids is 2. The van der Waals surface area contributed by atoms with Crippen molar-refractivity contribution in [3.8, 4) is 0 Å². The average Bonchev–Trinajstić information content (AvgIpc) is 3.50. The first-order chi connectivity index (χ1) is 17.7. The zero-order chi connectivity index (χ0) is 26.6. The molecule has 1 atom stereocenters. The van der Waals surface area contributed by atoms with Gasteiger partial charge in [-0.2, -0.15) is 0 Å². The van der Waals surface area contributed by atoms with Gasteiger partial charge < -0.3 is 19.2 Å². The summed E-state index contributed by atoms with van der Waals surface area (Å²) in [5, 5.41) is 18.3. The van der Waals surface area contributed by atoms with E-state index in [4.69, 9.17) is 10.2 Å². The normalized spacial score (nSPS) is 15.0. The smallest absolute Gasteiger partial charge is 0.371 e. The van der Waals surface area contributed by atoms with Gasteiger partial charge in [-0.3, -0.25) is 4.79 Å². The van der Waals surface area contributed by atoms with E-state index in [2.05, 4.69) is 9.14 Å². The van der Waals surface area contributed by atoms with E-state index in [1.54, 1.807) is 0 Å². The second-order valence-electron chi connectivity index (χ2n) is 8.54. The lowest BCUT2D eigenvalue weighted by molar-refractivity contribution is -0.137. The predicted molar refractivity (Wildman–Crippen MR) is 132 cm³/mol. The van der Waals surface area contributed by atoms with E-state index in [1.165, 1.54) is 30.5 Å². The molecule has 194 valence electrons. The lowest BCUT2D eigenvalue weighted by atomic mass is 9.92. The summed E-state index contributed by atoms with van der Waals surface area (Å²) in [6.45, 7) is 0.386. The summed E-state index contributed by atoms with van der Waals surface area (Å²) in [6.07, 6.45) is 3.14. The summed E-state index contributed by atoms with van der Waals surface area (Å²) in [5.74, 6) is -2.39. The number of aromatic nitrogens is 1. The second-order valence-corrected chi connectivity index (χ2v) is 10.2. The zero-order valence-corrected chi connectivity index (χ0v) is 20.4. The van der Waals surface area contributed by atoms with Crippen LogP contribution in [0.15, 0.2) is 76.2 Å². The lowest BCUT2D eigenvalue weighted by Gasteiger charge is -2.25. The van der Waals surface area contributed by atoms with E-state index in [0.29, 0.717) is 25.8 Å². The van der Waals surface area contributed by atoms with Gasteiger partial charge in [0.25, 0.3) is 0 Å². The van der Waals surface area contributed by atoms with Crippen molar-refractivity contribution in [2.24, 2.45) is 0 Å². The topological polar surface area (TPSA) is 139 Å². The summed E-state index contributed by atoms with van der Waals surface area (Å²) < 4.78 is 47.7. The number of benzene rings is 2. The number of para-hydroxylation sites is 1. The zero-order valence-electron chi connectivity index (χ0n) is 19.6. The molecule has 0 fully saturated rings. The summed E-state index contributed by atoms with van der Waals surface area (Å²) in [5.41, 5.74) is 3.11. The van der Waals surface area contributed by atoms with Crippen LogP contribution in [-0.4, -0.2) is 41.2 Å². The number of fused-ring (bicyclic) bond motifs is 3. The molecule has 0 spiro atoms. The largest absolute Gasteiger partial charge is 0.481 e. The highest BCUT2D eigenvalue weighted by Crippen LogP contribution is 2.33. The number of carbonyl (C=O) groups is 2. The Labute approximate surface area is 212 Å². The van der Waals surface area contributed by atoms with Crippen molar-refractivity contribution in [3.05, 3.63) is 89.8 Å². The Balaban J connectivity index is 0.000000342. The molecule has 0 saturated heterocycles. The van der Waals surface area contributed by atoms with Crippen LogP contribution in [0.25, 0.3) is 10.9 Å². The van der Waals surface area contributed by atoms with Gasteiger partial charge >= 0.3 is 11.9 Å². The molecule has 2 heterocycles. The first-order valence-electron chi connectivity index (χ1n) is 11.5. The number of aliphatic carboxylic acids is 1. The molecule has 0 amide bonds. The SMILES string of the molecule is O=C(O)CCn1c2c(c3ccccc31)C[C@H](NS(=O)(=O)c1ccc(F)cc1)CC2.O=C(O)c1ccco1. The Kier molecular flexibility index (Phi) is 7.74. The van der Waals surface area contributed by atoms with Crippen molar-refractivity contribution in [1.82, 2.24) is 9.29 Å². The fourth-order valence-electron chi connectivity index (χ4n) is 4.47. The Morgan fingerprint density at radius 1 is 1.05 bits per heavy atom. The van der Waals surface area contributed by atoms with Crippen molar-refractivity contribution >= 4 is 32.9 Å². The summed E-state index contributed by atoms with van der Waals surface area (Å²) in [6, 6.07) is 15.2. The van der Waals surface area contributed by atoms with E-state index in [-0.39, 0.29) is 23.1 Å². The number of nitrogens with one attached hydrogen (secondary N) is 1. The van der Waals surface area contributed by atoms with E-state index in [1.807, 2.05) is 28.8 Å². The molecular weight excluding hydrogens is 503 g/mol. The standard InChI is InChI=1S/C21H21FN2O4S.C5H4O3/c22-14-5-8-16(9-6-14)29(27,28)23-15-7-10-20-18(13-15)17-3-1-2-4-19(17)24(20)12-11-21(25)26;6-5(7)4-2-1-3-8-4/h1-6,8-9,15,23H,7,10-13H2,(H,25,26);1-3H,(H,6,7)/t15-;/m1./s1. The molecule has 0 saturated carbocycles. The molecule has 0 aliphatic heterocycles. The van der Waals surface area contributed by atoms with Gasteiger partial charge in [-0.15, -0.1) is 0 Å². The number of hydrogen-bond acceptors (Lipinski definition) is 5. The fraction of sp³-hybridized carbons (Fsp3) is 0.231. The third kappa shape index (κ3) is 6.07. The Bertz CT molecular complexity index is 1510. The van der Waals surface area contributed by atoms with E-state index < -0.39 is 27.8 Å². The van der Waals surface area contributed by atoms with Crippen LogP contribution in [0.3, 0.4) is 0 Å². The molecular formula is C26H25FN2O7S. The summed E-state index contributed by atoms with van der Waals surface area (Å²) >= 11 is 0. The number of sulfonamides is 1. The molecule has 9 nitrogen and oxygen atoms in total. The fourth-order valence-corrected chi connectivity index (χ4v) is 5.74. The molecule has 1 aliphatic rings. The van der Waals surface area contributed by atoms with Gasteiger partial charge in [0, 0.05) is 29.2 Å². The molecule has 11 heteroatoms. The maximum Gasteiger partial charge on any atom is 0.371 e. The van der Waals surface area contributed by atoms with Crippen molar-refractivity contribution < 1.29 is 37.0 Å². The minimum Gasteiger partial charge on any atom is -0.481 e. The monoisotopic (exact) mass is 528 g/mol. The van der Waals surface area contributed by atoms with Crippen LogP contribution < -0.4 is 4.72 Å². The molecule has 5 rings (SSSR count). The quantitative estimate of drug-likeness (QED) is 0.329. The molecule has 1 aliphatic carbocycles. The minimum absolute atomic E-state index is 0.0231. The number of aromatic carboxylic acids is 1. The second kappa shape index (κ2) is 11.0. The number of rotatable bonds is 7. The lowest BCUT2D eigenvalue weighted by Crippen LogP contribution is -2.39. The highest BCUT2D eigenvalue weighted by atomic mass is 32.2. The number of furan rings is 1. The van der Waals surface area contributed by atoms with Crippen molar-refractivity contribution in [1.29, 1.82) is 0 Å². The number of halogens is 1. The van der Waals surface area contributed by atoms with Crippen LogP contribution in [-0.2, 0) is 34.2 Å². The van der Waals surface area contributed by atoms with E-state index in [0.717, 1.165) is 34.3 Å². The molecule has 0 radical (unpaired) electrons. The van der Waals surface area contributed by atoms with Gasteiger partial charge in [0.15, 0.2) is 0 Å². The van der Waals surface area contributed by atoms with Gasteiger partial charge in [0.1, 0.15) is 5.82 Å². The van der Waals surface area contributed by atoms with Gasteiger partial charge in [0.05, 0.1) is 17.6 Å². The van der Waals surface area contributed by atoms with Crippen molar-refractivity contribution in [2.45, 2.75) is 43.2 Å². The molecule has 37 heavy (non-hydrogen) atoms. The van der Waals surface area contributed by atoms with Gasteiger partial charge in [-0.25, -0.2) is 22.3 Å². The van der Waals surface area contributed by atoms with Gasteiger partial charge in [-0.05, 0) is 67.3 Å². The summed E-state index contributed by atoms with van der Waals surface area (Å²) in [4.78, 5) is 21.1. The number of carboxylic acid groups (broad SMARTS) is 2. The van der Waals surface area contributed by atoms with Gasteiger partial charge in [0.2, 0.25) is 15.8 Å². The first kappa shape index (κ1) is 26.1. The van der Waals surface area contributed by atoms with Crippen LogP contribution in [0.1, 0.15) is 34.7 Å². The highest BCUT2D eigenvalue weighted by Gasteiger charge is 2.28.